The van der Waals surface area contributed by atoms with Crippen LogP contribution in [0.4, 0.5) is 5.69 Å². The summed E-state index contributed by atoms with van der Waals surface area (Å²) >= 11 is 17.7. The molecule has 0 saturated carbocycles. The van der Waals surface area contributed by atoms with Gasteiger partial charge in [-0.2, -0.15) is 0 Å². The number of ether oxygens (including phenoxy) is 1. The Morgan fingerprint density at radius 1 is 1.05 bits per heavy atom. The average Bonchev–Trinajstić information content (AvgIpc) is 2.38. The highest BCUT2D eigenvalue weighted by molar-refractivity contribution is 6.33. The first-order valence-corrected chi connectivity index (χ1v) is 6.76. The average molecular weight is 331 g/mol. The Labute approximate surface area is 131 Å². The summed E-state index contributed by atoms with van der Waals surface area (Å²) in [5, 5.41) is 1.37. The minimum atomic E-state index is -0.532. The van der Waals surface area contributed by atoms with Crippen LogP contribution in [0.1, 0.15) is 15.9 Å². The first-order valence-electron chi connectivity index (χ1n) is 5.63. The molecule has 2 aromatic rings. The Balaban J connectivity index is 2.10. The van der Waals surface area contributed by atoms with Crippen LogP contribution in [-0.4, -0.2) is 5.97 Å². The number of carbonyl (C=O) groups is 1. The summed E-state index contributed by atoms with van der Waals surface area (Å²) in [6.45, 7) is 0.0185. The van der Waals surface area contributed by atoms with Gasteiger partial charge in [0.05, 0.1) is 5.56 Å². The van der Waals surface area contributed by atoms with Crippen LogP contribution in [0, 0.1) is 0 Å². The second kappa shape index (κ2) is 6.35. The van der Waals surface area contributed by atoms with E-state index in [0.717, 1.165) is 0 Å². The zero-order valence-electron chi connectivity index (χ0n) is 10.2. The summed E-state index contributed by atoms with van der Waals surface area (Å²) in [4.78, 5) is 11.9. The maximum atomic E-state index is 11.9. The molecule has 0 aliphatic carbocycles. The van der Waals surface area contributed by atoms with Crippen LogP contribution in [0.2, 0.25) is 15.1 Å². The zero-order valence-corrected chi connectivity index (χ0v) is 12.5. The van der Waals surface area contributed by atoms with Gasteiger partial charge in [0.1, 0.15) is 6.61 Å². The van der Waals surface area contributed by atoms with Crippen molar-refractivity contribution >= 4 is 46.5 Å². The Morgan fingerprint density at radius 2 is 1.80 bits per heavy atom. The van der Waals surface area contributed by atoms with E-state index in [2.05, 4.69) is 0 Å². The molecular weight excluding hydrogens is 321 g/mol. The summed E-state index contributed by atoms with van der Waals surface area (Å²) in [6.07, 6.45) is 0. The molecule has 0 fully saturated rings. The van der Waals surface area contributed by atoms with Crippen molar-refractivity contribution in [3.05, 3.63) is 62.6 Å². The molecular formula is C14H10Cl3NO2. The van der Waals surface area contributed by atoms with Gasteiger partial charge in [-0.3, -0.25) is 0 Å². The van der Waals surface area contributed by atoms with Crippen molar-refractivity contribution in [3.8, 4) is 0 Å². The molecule has 0 saturated heterocycles. The number of hydrogen-bond acceptors (Lipinski definition) is 3. The molecule has 0 amide bonds. The predicted octanol–water partition coefficient (Wildman–Crippen LogP) is 4.59. The lowest BCUT2D eigenvalue weighted by Crippen LogP contribution is -2.06. The number of esters is 1. The SMILES string of the molecule is Nc1cc(Cl)cc(C(=O)OCc2cc(Cl)ccc2Cl)c1. The number of rotatable bonds is 3. The van der Waals surface area contributed by atoms with E-state index in [1.54, 1.807) is 24.3 Å². The largest absolute Gasteiger partial charge is 0.457 e. The molecule has 20 heavy (non-hydrogen) atoms. The van der Waals surface area contributed by atoms with Gasteiger partial charge >= 0.3 is 5.97 Å². The normalized spacial score (nSPS) is 10.3. The van der Waals surface area contributed by atoms with Gasteiger partial charge < -0.3 is 10.5 Å². The Morgan fingerprint density at radius 3 is 2.50 bits per heavy atom. The smallest absolute Gasteiger partial charge is 0.338 e. The third-order valence-electron chi connectivity index (χ3n) is 2.52. The summed E-state index contributed by atoms with van der Waals surface area (Å²) in [5.74, 6) is -0.532. The maximum Gasteiger partial charge on any atom is 0.338 e. The number of nitrogens with two attached hydrogens (primary N) is 1. The lowest BCUT2D eigenvalue weighted by Gasteiger charge is -2.08. The van der Waals surface area contributed by atoms with Crippen LogP contribution in [0.3, 0.4) is 0 Å². The maximum absolute atomic E-state index is 11.9. The van der Waals surface area contributed by atoms with Gasteiger partial charge in [-0.15, -0.1) is 0 Å². The van der Waals surface area contributed by atoms with E-state index in [4.69, 9.17) is 45.3 Å². The molecule has 2 aromatic carbocycles. The van der Waals surface area contributed by atoms with Crippen LogP contribution in [-0.2, 0) is 11.3 Å². The van der Waals surface area contributed by atoms with E-state index in [1.807, 2.05) is 0 Å². The van der Waals surface area contributed by atoms with Crippen LogP contribution >= 0.6 is 34.8 Å². The molecule has 0 unspecified atom stereocenters. The van der Waals surface area contributed by atoms with Crippen molar-refractivity contribution < 1.29 is 9.53 Å². The topological polar surface area (TPSA) is 52.3 Å². The van der Waals surface area contributed by atoms with Gasteiger partial charge in [-0.1, -0.05) is 34.8 Å². The minimum absolute atomic E-state index is 0.0185. The van der Waals surface area contributed by atoms with Gasteiger partial charge in [-0.05, 0) is 36.4 Å². The first-order chi connectivity index (χ1) is 9.45. The molecule has 0 atom stereocenters. The Bertz CT molecular complexity index is 639. The lowest BCUT2D eigenvalue weighted by atomic mass is 10.2. The van der Waals surface area contributed by atoms with Crippen molar-refractivity contribution in [2.45, 2.75) is 6.61 Å². The molecule has 0 aliphatic heterocycles. The molecule has 0 aromatic heterocycles. The molecule has 6 heteroatoms. The quantitative estimate of drug-likeness (QED) is 0.661. The number of benzene rings is 2. The summed E-state index contributed by atoms with van der Waals surface area (Å²) in [5.41, 5.74) is 6.92. The first kappa shape index (κ1) is 15.0. The summed E-state index contributed by atoms with van der Waals surface area (Å²) in [7, 11) is 0. The van der Waals surface area contributed by atoms with Crippen LogP contribution < -0.4 is 5.73 Å². The third-order valence-corrected chi connectivity index (χ3v) is 3.34. The highest BCUT2D eigenvalue weighted by atomic mass is 35.5. The highest BCUT2D eigenvalue weighted by Gasteiger charge is 2.11. The van der Waals surface area contributed by atoms with E-state index in [1.165, 1.54) is 12.1 Å². The molecule has 3 nitrogen and oxygen atoms in total. The monoisotopic (exact) mass is 329 g/mol. The second-order valence-corrected chi connectivity index (χ2v) is 5.37. The van der Waals surface area contributed by atoms with Gasteiger partial charge in [0.2, 0.25) is 0 Å². The van der Waals surface area contributed by atoms with Gasteiger partial charge in [0, 0.05) is 26.3 Å². The fraction of sp³-hybridized carbons (Fsp3) is 0.0714. The van der Waals surface area contributed by atoms with Crippen LogP contribution in [0.15, 0.2) is 36.4 Å². The van der Waals surface area contributed by atoms with E-state index < -0.39 is 5.97 Å². The lowest BCUT2D eigenvalue weighted by molar-refractivity contribution is 0.0473. The van der Waals surface area contributed by atoms with Crippen LogP contribution in [0.25, 0.3) is 0 Å². The number of nitrogen functional groups attached to an aromatic ring is 1. The second-order valence-electron chi connectivity index (χ2n) is 4.09. The van der Waals surface area contributed by atoms with Crippen molar-refractivity contribution in [2.24, 2.45) is 0 Å². The van der Waals surface area contributed by atoms with Crippen molar-refractivity contribution in [3.63, 3.8) is 0 Å². The highest BCUT2D eigenvalue weighted by Crippen LogP contribution is 2.22. The molecule has 0 radical (unpaired) electrons. The summed E-state index contributed by atoms with van der Waals surface area (Å²) in [6, 6.07) is 9.47. The summed E-state index contributed by atoms with van der Waals surface area (Å²) < 4.78 is 5.16. The van der Waals surface area contributed by atoms with E-state index in [9.17, 15) is 4.79 Å². The van der Waals surface area contributed by atoms with Gasteiger partial charge in [0.15, 0.2) is 0 Å². The van der Waals surface area contributed by atoms with Crippen LogP contribution in [0.5, 0.6) is 0 Å². The molecule has 0 bridgehead atoms. The Kier molecular flexibility index (Phi) is 4.76. The van der Waals surface area contributed by atoms with Crippen molar-refractivity contribution in [1.29, 1.82) is 0 Å². The fourth-order valence-corrected chi connectivity index (χ4v) is 2.22. The van der Waals surface area contributed by atoms with Crippen molar-refractivity contribution in [1.82, 2.24) is 0 Å². The van der Waals surface area contributed by atoms with E-state index >= 15 is 0 Å². The standard InChI is InChI=1S/C14H10Cl3NO2/c15-10-1-2-13(17)9(4-10)7-20-14(19)8-3-11(16)6-12(18)5-8/h1-6H,7,18H2. The van der Waals surface area contributed by atoms with Crippen molar-refractivity contribution in [2.75, 3.05) is 5.73 Å². The zero-order chi connectivity index (χ0) is 14.7. The molecule has 104 valence electrons. The van der Waals surface area contributed by atoms with Gasteiger partial charge in [0.25, 0.3) is 0 Å². The predicted molar refractivity (Wildman–Crippen MR) is 81.4 cm³/mol. The van der Waals surface area contributed by atoms with E-state index in [0.29, 0.717) is 26.3 Å². The van der Waals surface area contributed by atoms with E-state index in [-0.39, 0.29) is 12.2 Å². The third kappa shape index (κ3) is 3.79. The van der Waals surface area contributed by atoms with Gasteiger partial charge in [-0.25, -0.2) is 4.79 Å². The molecule has 2 rings (SSSR count). The molecule has 0 heterocycles. The minimum Gasteiger partial charge on any atom is -0.457 e. The number of carbonyl (C=O) groups excluding carboxylic acids is 1. The Hall–Kier alpha value is -1.42. The fourth-order valence-electron chi connectivity index (χ4n) is 1.61. The molecule has 2 N–H and O–H groups in total. The molecule has 0 spiro atoms. The number of hydrogen-bond donors (Lipinski definition) is 1. The number of anilines is 1. The number of halogens is 3. The molecule has 0 aliphatic rings.